The van der Waals surface area contributed by atoms with E-state index in [1.165, 1.54) is 11.1 Å². The maximum absolute atomic E-state index is 2.24. The SMILES string of the molecule is CN(C)CC(c1ccccc1)c1ccccc1.[Cl-]. The van der Waals surface area contributed by atoms with Crippen LogP contribution in [0.1, 0.15) is 17.0 Å². The van der Waals surface area contributed by atoms with Gasteiger partial charge in [-0.15, -0.1) is 0 Å². The Morgan fingerprint density at radius 2 is 1.17 bits per heavy atom. The van der Waals surface area contributed by atoms with E-state index in [-0.39, 0.29) is 12.4 Å². The van der Waals surface area contributed by atoms with Crippen LogP contribution < -0.4 is 12.4 Å². The third-order valence-electron chi connectivity index (χ3n) is 2.95. The maximum Gasteiger partial charge on any atom is 0.0217 e. The topological polar surface area (TPSA) is 3.24 Å². The van der Waals surface area contributed by atoms with Gasteiger partial charge in [0, 0.05) is 12.5 Å². The lowest BCUT2D eigenvalue weighted by atomic mass is 9.91. The molecule has 0 aromatic heterocycles. The molecule has 0 atom stereocenters. The van der Waals surface area contributed by atoms with Crippen LogP contribution in [0, 0.1) is 0 Å². The maximum atomic E-state index is 2.24. The molecule has 0 fully saturated rings. The zero-order chi connectivity index (χ0) is 12.1. The van der Waals surface area contributed by atoms with Crippen LogP contribution in [0.15, 0.2) is 60.7 Å². The first-order chi connectivity index (χ1) is 8.27. The number of likely N-dealkylation sites (N-methyl/N-ethyl adjacent to an activating group) is 1. The first-order valence-electron chi connectivity index (χ1n) is 6.02. The quantitative estimate of drug-likeness (QED) is 0.769. The lowest BCUT2D eigenvalue weighted by Crippen LogP contribution is -3.00. The second kappa shape index (κ2) is 7.20. The molecule has 2 heteroatoms. The monoisotopic (exact) mass is 260 g/mol. The predicted molar refractivity (Wildman–Crippen MR) is 73.3 cm³/mol. The van der Waals surface area contributed by atoms with Crippen LogP contribution in [0.5, 0.6) is 0 Å². The highest BCUT2D eigenvalue weighted by Gasteiger charge is 2.14. The lowest BCUT2D eigenvalue weighted by molar-refractivity contribution is -0.00000352. The number of benzene rings is 2. The number of rotatable bonds is 4. The normalized spacial score (nSPS) is 10.4. The molecule has 0 N–H and O–H groups in total. The minimum Gasteiger partial charge on any atom is -1.00 e. The van der Waals surface area contributed by atoms with Gasteiger partial charge in [-0.1, -0.05) is 60.7 Å². The third kappa shape index (κ3) is 3.86. The van der Waals surface area contributed by atoms with E-state index in [1.807, 2.05) is 0 Å². The zero-order valence-electron chi connectivity index (χ0n) is 10.9. The van der Waals surface area contributed by atoms with Crippen molar-refractivity contribution in [2.24, 2.45) is 0 Å². The van der Waals surface area contributed by atoms with Gasteiger partial charge in [0.25, 0.3) is 0 Å². The molecule has 0 radical (unpaired) electrons. The number of halogens is 1. The highest BCUT2D eigenvalue weighted by molar-refractivity contribution is 5.32. The van der Waals surface area contributed by atoms with Gasteiger partial charge in [-0.25, -0.2) is 0 Å². The van der Waals surface area contributed by atoms with E-state index >= 15 is 0 Å². The molecule has 0 saturated carbocycles. The molecule has 0 aliphatic rings. The molecule has 0 bridgehead atoms. The Labute approximate surface area is 116 Å². The molecular formula is C16H19ClN-. The predicted octanol–water partition coefficient (Wildman–Crippen LogP) is 0.384. The molecule has 0 aliphatic heterocycles. The van der Waals surface area contributed by atoms with Crippen molar-refractivity contribution in [3.8, 4) is 0 Å². The molecule has 2 aromatic rings. The van der Waals surface area contributed by atoms with Gasteiger partial charge >= 0.3 is 0 Å². The average Bonchev–Trinajstić information content (AvgIpc) is 2.38. The van der Waals surface area contributed by atoms with Crippen molar-refractivity contribution in [3.63, 3.8) is 0 Å². The van der Waals surface area contributed by atoms with Gasteiger partial charge in [0.1, 0.15) is 0 Å². The summed E-state index contributed by atoms with van der Waals surface area (Å²) < 4.78 is 0. The smallest absolute Gasteiger partial charge is 0.0217 e. The molecule has 0 aliphatic carbocycles. The van der Waals surface area contributed by atoms with E-state index in [0.29, 0.717) is 5.92 Å². The fourth-order valence-corrected chi connectivity index (χ4v) is 2.14. The molecule has 2 rings (SSSR count). The van der Waals surface area contributed by atoms with Gasteiger partial charge in [-0.2, -0.15) is 0 Å². The van der Waals surface area contributed by atoms with Gasteiger partial charge in [0.2, 0.25) is 0 Å². The number of nitrogens with zero attached hydrogens (tertiary/aromatic N) is 1. The van der Waals surface area contributed by atoms with Gasteiger partial charge in [0.15, 0.2) is 0 Å². The van der Waals surface area contributed by atoms with E-state index < -0.39 is 0 Å². The summed E-state index contributed by atoms with van der Waals surface area (Å²) in [6.45, 7) is 1.04. The number of hydrogen-bond acceptors (Lipinski definition) is 1. The van der Waals surface area contributed by atoms with Gasteiger partial charge in [-0.05, 0) is 25.2 Å². The molecule has 96 valence electrons. The van der Waals surface area contributed by atoms with Crippen molar-refractivity contribution >= 4 is 0 Å². The second-order valence-electron chi connectivity index (χ2n) is 4.64. The fourth-order valence-electron chi connectivity index (χ4n) is 2.14. The summed E-state index contributed by atoms with van der Waals surface area (Å²) in [4.78, 5) is 2.24. The van der Waals surface area contributed by atoms with E-state index in [9.17, 15) is 0 Å². The van der Waals surface area contributed by atoms with Crippen LogP contribution in [-0.4, -0.2) is 25.5 Å². The molecule has 0 heterocycles. The summed E-state index contributed by atoms with van der Waals surface area (Å²) in [7, 11) is 4.25. The van der Waals surface area contributed by atoms with E-state index in [1.54, 1.807) is 0 Å². The Morgan fingerprint density at radius 1 is 0.778 bits per heavy atom. The molecule has 2 aromatic carbocycles. The highest BCUT2D eigenvalue weighted by atomic mass is 35.5. The molecule has 0 saturated heterocycles. The molecule has 0 amide bonds. The average molecular weight is 261 g/mol. The van der Waals surface area contributed by atoms with Crippen LogP contribution in [-0.2, 0) is 0 Å². The van der Waals surface area contributed by atoms with Gasteiger partial charge < -0.3 is 17.3 Å². The van der Waals surface area contributed by atoms with Gasteiger partial charge in [0.05, 0.1) is 0 Å². The van der Waals surface area contributed by atoms with Crippen molar-refractivity contribution in [1.29, 1.82) is 0 Å². The molecule has 0 spiro atoms. The van der Waals surface area contributed by atoms with Crippen molar-refractivity contribution < 1.29 is 12.4 Å². The van der Waals surface area contributed by atoms with Crippen LogP contribution in [0.25, 0.3) is 0 Å². The molecule has 1 nitrogen and oxygen atoms in total. The summed E-state index contributed by atoms with van der Waals surface area (Å²) in [5, 5.41) is 0. The summed E-state index contributed by atoms with van der Waals surface area (Å²) >= 11 is 0. The summed E-state index contributed by atoms with van der Waals surface area (Å²) in [6.07, 6.45) is 0. The Kier molecular flexibility index (Phi) is 5.90. The Bertz CT molecular complexity index is 400. The molecule has 18 heavy (non-hydrogen) atoms. The molecular weight excluding hydrogens is 242 g/mol. The lowest BCUT2D eigenvalue weighted by Gasteiger charge is -2.22. The van der Waals surface area contributed by atoms with Crippen LogP contribution in [0.2, 0.25) is 0 Å². The Morgan fingerprint density at radius 3 is 1.50 bits per heavy atom. The Hall–Kier alpha value is -1.31. The van der Waals surface area contributed by atoms with E-state index in [2.05, 4.69) is 79.7 Å². The van der Waals surface area contributed by atoms with E-state index in [4.69, 9.17) is 0 Å². The van der Waals surface area contributed by atoms with Crippen LogP contribution in [0.3, 0.4) is 0 Å². The summed E-state index contributed by atoms with van der Waals surface area (Å²) in [6, 6.07) is 21.4. The first-order valence-corrected chi connectivity index (χ1v) is 6.02. The number of hydrogen-bond donors (Lipinski definition) is 0. The van der Waals surface area contributed by atoms with Crippen molar-refractivity contribution in [2.45, 2.75) is 5.92 Å². The molecule has 0 unspecified atom stereocenters. The van der Waals surface area contributed by atoms with Crippen molar-refractivity contribution in [3.05, 3.63) is 71.8 Å². The largest absolute Gasteiger partial charge is 1.00 e. The minimum absolute atomic E-state index is 0. The van der Waals surface area contributed by atoms with Gasteiger partial charge in [-0.3, -0.25) is 0 Å². The zero-order valence-corrected chi connectivity index (χ0v) is 11.6. The van der Waals surface area contributed by atoms with Crippen molar-refractivity contribution in [1.82, 2.24) is 4.90 Å². The Balaban J connectivity index is 0.00000162. The second-order valence-corrected chi connectivity index (χ2v) is 4.64. The fraction of sp³-hybridized carbons (Fsp3) is 0.250. The summed E-state index contributed by atoms with van der Waals surface area (Å²) in [5.74, 6) is 0.451. The summed E-state index contributed by atoms with van der Waals surface area (Å²) in [5.41, 5.74) is 2.76. The highest BCUT2D eigenvalue weighted by Crippen LogP contribution is 2.24. The van der Waals surface area contributed by atoms with Crippen LogP contribution >= 0.6 is 0 Å². The minimum atomic E-state index is 0. The van der Waals surface area contributed by atoms with E-state index in [0.717, 1.165) is 6.54 Å². The van der Waals surface area contributed by atoms with Crippen LogP contribution in [0.4, 0.5) is 0 Å². The first kappa shape index (κ1) is 14.7. The standard InChI is InChI=1S/C16H19N.ClH/c1-17(2)13-16(14-9-5-3-6-10-14)15-11-7-4-8-12-15;/h3-12,16H,13H2,1-2H3;1H/p-1. The third-order valence-corrected chi connectivity index (χ3v) is 2.95. The van der Waals surface area contributed by atoms with Crippen molar-refractivity contribution in [2.75, 3.05) is 20.6 Å².